The van der Waals surface area contributed by atoms with Crippen molar-refractivity contribution in [1.82, 2.24) is 15.1 Å². The molecular weight excluding hydrogens is 272 g/mol. The van der Waals surface area contributed by atoms with Gasteiger partial charge in [0.25, 0.3) is 0 Å². The number of hydrogen-bond donors (Lipinski definition) is 2. The summed E-state index contributed by atoms with van der Waals surface area (Å²) in [4.78, 5) is 12.4. The summed E-state index contributed by atoms with van der Waals surface area (Å²) in [7, 11) is 1.82. The highest BCUT2D eigenvalue weighted by Gasteiger charge is 2.23. The van der Waals surface area contributed by atoms with Crippen LogP contribution in [-0.4, -0.2) is 20.7 Å². The van der Waals surface area contributed by atoms with Gasteiger partial charge >= 0.3 is 0 Å². The predicted molar refractivity (Wildman–Crippen MR) is 81.0 cm³/mol. The van der Waals surface area contributed by atoms with Crippen molar-refractivity contribution in [3.05, 3.63) is 53.9 Å². The van der Waals surface area contributed by atoms with E-state index in [1.165, 1.54) is 0 Å². The number of thiocarbonyl (C=S) groups is 1. The van der Waals surface area contributed by atoms with E-state index in [0.29, 0.717) is 6.54 Å². The topological polar surface area (TPSA) is 72.9 Å². The summed E-state index contributed by atoms with van der Waals surface area (Å²) < 4.78 is 1.71. The maximum atomic E-state index is 12.3. The van der Waals surface area contributed by atoms with Crippen LogP contribution in [0, 0.1) is 0 Å². The van der Waals surface area contributed by atoms with E-state index in [-0.39, 0.29) is 10.9 Å². The monoisotopic (exact) mass is 288 g/mol. The van der Waals surface area contributed by atoms with E-state index in [2.05, 4.69) is 10.4 Å². The van der Waals surface area contributed by atoms with Crippen molar-refractivity contribution in [1.29, 1.82) is 0 Å². The number of aromatic nitrogens is 2. The first-order chi connectivity index (χ1) is 9.59. The van der Waals surface area contributed by atoms with Crippen LogP contribution >= 0.6 is 12.2 Å². The number of carbonyl (C=O) groups excluding carboxylic acids is 1. The lowest BCUT2D eigenvalue weighted by atomic mass is 9.98. The van der Waals surface area contributed by atoms with Gasteiger partial charge in [0.1, 0.15) is 5.92 Å². The molecule has 0 aliphatic rings. The van der Waals surface area contributed by atoms with Crippen LogP contribution in [-0.2, 0) is 18.4 Å². The van der Waals surface area contributed by atoms with Gasteiger partial charge in [-0.1, -0.05) is 42.5 Å². The van der Waals surface area contributed by atoms with Crippen molar-refractivity contribution in [3.8, 4) is 0 Å². The minimum Gasteiger partial charge on any atom is -0.392 e. The maximum absolute atomic E-state index is 12.3. The SMILES string of the molecule is Cn1nccc1CNC(=O)C(C(N)=S)c1ccccc1. The Morgan fingerprint density at radius 2 is 2.10 bits per heavy atom. The smallest absolute Gasteiger partial charge is 0.234 e. The second-order valence-corrected chi connectivity index (χ2v) is 4.88. The van der Waals surface area contributed by atoms with E-state index in [1.807, 2.05) is 43.4 Å². The third-order valence-electron chi connectivity index (χ3n) is 3.05. The van der Waals surface area contributed by atoms with Gasteiger partial charge in [-0.25, -0.2) is 0 Å². The number of rotatable bonds is 5. The average molecular weight is 288 g/mol. The molecule has 0 aliphatic carbocycles. The number of aryl methyl sites for hydroxylation is 1. The summed E-state index contributed by atoms with van der Waals surface area (Å²) in [5, 5.41) is 6.89. The molecule has 20 heavy (non-hydrogen) atoms. The largest absolute Gasteiger partial charge is 0.392 e. The van der Waals surface area contributed by atoms with Crippen LogP contribution in [0.4, 0.5) is 0 Å². The molecular formula is C14H16N4OS. The van der Waals surface area contributed by atoms with Crippen LogP contribution in [0.3, 0.4) is 0 Å². The van der Waals surface area contributed by atoms with E-state index in [1.54, 1.807) is 10.9 Å². The number of hydrogen-bond acceptors (Lipinski definition) is 3. The van der Waals surface area contributed by atoms with Gasteiger partial charge in [-0.2, -0.15) is 5.10 Å². The summed E-state index contributed by atoms with van der Waals surface area (Å²) >= 11 is 5.01. The molecule has 2 aromatic rings. The number of nitrogens with one attached hydrogen (secondary N) is 1. The van der Waals surface area contributed by atoms with Crippen LogP contribution in [0.2, 0.25) is 0 Å². The van der Waals surface area contributed by atoms with E-state index >= 15 is 0 Å². The molecule has 2 rings (SSSR count). The quantitative estimate of drug-likeness (QED) is 0.808. The van der Waals surface area contributed by atoms with Crippen LogP contribution < -0.4 is 11.1 Å². The van der Waals surface area contributed by atoms with Gasteiger partial charge in [-0.15, -0.1) is 0 Å². The molecule has 0 saturated heterocycles. The Labute approximate surface area is 122 Å². The number of carbonyl (C=O) groups is 1. The molecule has 0 fully saturated rings. The number of amides is 1. The Bertz CT molecular complexity index is 609. The number of nitrogens with zero attached hydrogens (tertiary/aromatic N) is 2. The summed E-state index contributed by atoms with van der Waals surface area (Å²) in [5.74, 6) is -0.815. The molecule has 0 aliphatic heterocycles. The number of nitrogens with two attached hydrogens (primary N) is 1. The fourth-order valence-corrected chi connectivity index (χ4v) is 2.19. The molecule has 1 amide bonds. The summed E-state index contributed by atoms with van der Waals surface area (Å²) in [5.41, 5.74) is 7.41. The Kier molecular flexibility index (Phi) is 4.47. The van der Waals surface area contributed by atoms with Gasteiger partial charge in [-0.3, -0.25) is 9.48 Å². The van der Waals surface area contributed by atoms with Gasteiger partial charge in [0, 0.05) is 13.2 Å². The van der Waals surface area contributed by atoms with Crippen molar-refractivity contribution in [2.45, 2.75) is 12.5 Å². The first-order valence-corrected chi connectivity index (χ1v) is 6.59. The Morgan fingerprint density at radius 3 is 2.65 bits per heavy atom. The second-order valence-electron chi connectivity index (χ2n) is 4.41. The Balaban J connectivity index is 2.09. The Hall–Kier alpha value is -2.21. The van der Waals surface area contributed by atoms with Crippen LogP contribution in [0.1, 0.15) is 17.2 Å². The standard InChI is InChI=1S/C14H16N4OS/c1-18-11(7-8-17-18)9-16-14(19)12(13(15)20)10-5-3-2-4-6-10/h2-8,12H,9H2,1H3,(H2,15,20)(H,16,19). The highest BCUT2D eigenvalue weighted by Crippen LogP contribution is 2.16. The van der Waals surface area contributed by atoms with E-state index in [0.717, 1.165) is 11.3 Å². The molecule has 1 atom stereocenters. The number of benzene rings is 1. The van der Waals surface area contributed by atoms with Crippen molar-refractivity contribution in [3.63, 3.8) is 0 Å². The van der Waals surface area contributed by atoms with E-state index in [9.17, 15) is 4.79 Å². The van der Waals surface area contributed by atoms with E-state index < -0.39 is 5.92 Å². The van der Waals surface area contributed by atoms with Crippen LogP contribution in [0.25, 0.3) is 0 Å². The second kappa shape index (κ2) is 6.29. The molecule has 1 unspecified atom stereocenters. The highest BCUT2D eigenvalue weighted by molar-refractivity contribution is 7.80. The summed E-state index contributed by atoms with van der Waals surface area (Å²) in [6.45, 7) is 0.390. The molecule has 5 nitrogen and oxygen atoms in total. The molecule has 1 aromatic carbocycles. The lowest BCUT2D eigenvalue weighted by Gasteiger charge is -2.16. The molecule has 1 aromatic heterocycles. The van der Waals surface area contributed by atoms with Crippen molar-refractivity contribution in [2.75, 3.05) is 0 Å². The molecule has 0 saturated carbocycles. The minimum atomic E-state index is -0.612. The highest BCUT2D eigenvalue weighted by atomic mass is 32.1. The van der Waals surface area contributed by atoms with Gasteiger partial charge < -0.3 is 11.1 Å². The third-order valence-corrected chi connectivity index (χ3v) is 3.28. The molecule has 6 heteroatoms. The summed E-state index contributed by atoms with van der Waals surface area (Å²) in [6.07, 6.45) is 1.68. The van der Waals surface area contributed by atoms with Gasteiger partial charge in [0.2, 0.25) is 5.91 Å². The lowest BCUT2D eigenvalue weighted by molar-refractivity contribution is -0.121. The third kappa shape index (κ3) is 3.21. The molecule has 0 spiro atoms. The fraction of sp³-hybridized carbons (Fsp3) is 0.214. The van der Waals surface area contributed by atoms with Crippen molar-refractivity contribution < 1.29 is 4.79 Å². The first kappa shape index (κ1) is 14.2. The Morgan fingerprint density at radius 1 is 1.40 bits per heavy atom. The van der Waals surface area contributed by atoms with Crippen LogP contribution in [0.5, 0.6) is 0 Å². The zero-order valence-corrected chi connectivity index (χ0v) is 11.9. The van der Waals surface area contributed by atoms with Crippen LogP contribution in [0.15, 0.2) is 42.6 Å². The van der Waals surface area contributed by atoms with E-state index in [4.69, 9.17) is 18.0 Å². The average Bonchev–Trinajstić information content (AvgIpc) is 2.83. The lowest BCUT2D eigenvalue weighted by Crippen LogP contribution is -2.36. The molecule has 1 heterocycles. The predicted octanol–water partition coefficient (Wildman–Crippen LogP) is 1.11. The molecule has 3 N–H and O–H groups in total. The first-order valence-electron chi connectivity index (χ1n) is 6.18. The van der Waals surface area contributed by atoms with Crippen molar-refractivity contribution >= 4 is 23.1 Å². The van der Waals surface area contributed by atoms with Crippen molar-refractivity contribution in [2.24, 2.45) is 12.8 Å². The molecule has 104 valence electrons. The summed E-state index contributed by atoms with van der Waals surface area (Å²) in [6, 6.07) is 11.1. The fourth-order valence-electron chi connectivity index (χ4n) is 1.94. The van der Waals surface area contributed by atoms with Gasteiger partial charge in [-0.05, 0) is 11.6 Å². The maximum Gasteiger partial charge on any atom is 0.234 e. The molecule has 0 bridgehead atoms. The zero-order chi connectivity index (χ0) is 14.5. The zero-order valence-electron chi connectivity index (χ0n) is 11.1. The molecule has 0 radical (unpaired) electrons. The minimum absolute atomic E-state index is 0.165. The normalized spacial score (nSPS) is 11.8. The van der Waals surface area contributed by atoms with Gasteiger partial charge in [0.15, 0.2) is 0 Å². The van der Waals surface area contributed by atoms with Gasteiger partial charge in [0.05, 0.1) is 17.2 Å².